The number of hydrogen-bond donors (Lipinski definition) is 4. The van der Waals surface area contributed by atoms with E-state index in [0.29, 0.717) is 0 Å². The van der Waals surface area contributed by atoms with Gasteiger partial charge >= 0.3 is 10.4 Å². The lowest BCUT2D eigenvalue weighted by molar-refractivity contribution is -0.135. The summed E-state index contributed by atoms with van der Waals surface area (Å²) in [6.07, 6.45) is 0. The van der Waals surface area contributed by atoms with Gasteiger partial charge in [0.1, 0.15) is 0 Å². The van der Waals surface area contributed by atoms with Crippen LogP contribution in [0.15, 0.2) is 0 Å². The lowest BCUT2D eigenvalue weighted by Gasteiger charge is -1.68. The Labute approximate surface area is 98.7 Å². The highest BCUT2D eigenvalue weighted by Gasteiger charge is 1.84. The van der Waals surface area contributed by atoms with E-state index in [0.717, 1.165) is 13.8 Å². The first-order valence-electron chi connectivity index (χ1n) is 2.55. The van der Waals surface area contributed by atoms with Crippen LogP contribution in [-0.2, 0) is 20.0 Å². The molecule has 8 nitrogen and oxygen atoms in total. The van der Waals surface area contributed by atoms with Gasteiger partial charge in [0.25, 0.3) is 11.9 Å². The van der Waals surface area contributed by atoms with Crippen molar-refractivity contribution in [2.75, 3.05) is 0 Å². The molecule has 0 aromatic carbocycles. The first-order valence-corrected chi connectivity index (χ1v) is 3.95. The van der Waals surface area contributed by atoms with Gasteiger partial charge in [-0.15, -0.1) is 24.8 Å². The van der Waals surface area contributed by atoms with Crippen LogP contribution in [0.1, 0.15) is 13.8 Å². The van der Waals surface area contributed by atoms with Gasteiger partial charge < -0.3 is 10.2 Å². The fraction of sp³-hybridized carbons (Fsp3) is 0.500. The van der Waals surface area contributed by atoms with Gasteiger partial charge in [-0.05, 0) is 0 Å². The van der Waals surface area contributed by atoms with Gasteiger partial charge in [-0.1, -0.05) is 0 Å². The van der Waals surface area contributed by atoms with E-state index in [-0.39, 0.29) is 24.8 Å². The molecule has 0 saturated heterocycles. The Kier molecular flexibility index (Phi) is 30.9. The largest absolute Gasteiger partial charge is 0.481 e. The van der Waals surface area contributed by atoms with Crippen LogP contribution in [0.4, 0.5) is 0 Å². The molecular formula is C4H12Cl2O8S. The van der Waals surface area contributed by atoms with Crippen LogP contribution < -0.4 is 0 Å². The highest BCUT2D eigenvalue weighted by Crippen LogP contribution is 1.59. The predicted octanol–water partition coefficient (Wildman–Crippen LogP) is 0.373. The Morgan fingerprint density at radius 3 is 0.867 bits per heavy atom. The Morgan fingerprint density at radius 1 is 0.867 bits per heavy atom. The fourth-order valence-electron chi connectivity index (χ4n) is 0. The Bertz CT molecular complexity index is 219. The van der Waals surface area contributed by atoms with E-state index in [9.17, 15) is 0 Å². The Morgan fingerprint density at radius 2 is 0.867 bits per heavy atom. The summed E-state index contributed by atoms with van der Waals surface area (Å²) in [5, 5.41) is 14.8. The van der Waals surface area contributed by atoms with Crippen molar-refractivity contribution < 1.29 is 37.3 Å². The van der Waals surface area contributed by atoms with Gasteiger partial charge in [-0.25, -0.2) is 0 Å². The van der Waals surface area contributed by atoms with Gasteiger partial charge in [0.15, 0.2) is 0 Å². The average molecular weight is 291 g/mol. The zero-order chi connectivity index (χ0) is 11.7. The van der Waals surface area contributed by atoms with E-state index < -0.39 is 22.3 Å². The van der Waals surface area contributed by atoms with Crippen LogP contribution in [0, 0.1) is 0 Å². The summed E-state index contributed by atoms with van der Waals surface area (Å²) in [6.45, 7) is 2.17. The van der Waals surface area contributed by atoms with E-state index in [1.807, 2.05) is 0 Å². The molecule has 0 aliphatic carbocycles. The zero-order valence-corrected chi connectivity index (χ0v) is 10.1. The second-order valence-corrected chi connectivity index (χ2v) is 2.38. The maximum absolute atomic E-state index is 9.00. The molecule has 0 rings (SSSR count). The third-order valence-electron chi connectivity index (χ3n) is 0. The third kappa shape index (κ3) is 4670. The van der Waals surface area contributed by atoms with Gasteiger partial charge in [0.2, 0.25) is 0 Å². The van der Waals surface area contributed by atoms with Gasteiger partial charge in [0.05, 0.1) is 0 Å². The van der Waals surface area contributed by atoms with E-state index in [4.69, 9.17) is 37.3 Å². The minimum Gasteiger partial charge on any atom is -0.481 e. The van der Waals surface area contributed by atoms with Crippen molar-refractivity contribution in [3.63, 3.8) is 0 Å². The van der Waals surface area contributed by atoms with Gasteiger partial charge in [0, 0.05) is 13.8 Å². The molecule has 0 atom stereocenters. The SMILES string of the molecule is CC(=O)O.CC(=O)O.Cl.Cl.O=S(=O)(O)O. The molecule has 0 unspecified atom stereocenters. The molecule has 96 valence electrons. The molecule has 15 heavy (non-hydrogen) atoms. The summed E-state index contributed by atoms with van der Waals surface area (Å²) in [6, 6.07) is 0. The smallest absolute Gasteiger partial charge is 0.394 e. The predicted molar refractivity (Wildman–Crippen MR) is 55.3 cm³/mol. The van der Waals surface area contributed by atoms with Crippen molar-refractivity contribution in [2.24, 2.45) is 0 Å². The van der Waals surface area contributed by atoms with E-state index >= 15 is 0 Å². The second-order valence-electron chi connectivity index (χ2n) is 1.49. The van der Waals surface area contributed by atoms with Crippen molar-refractivity contribution in [1.82, 2.24) is 0 Å². The monoisotopic (exact) mass is 290 g/mol. The molecular weight excluding hydrogens is 279 g/mol. The summed E-state index contributed by atoms with van der Waals surface area (Å²) in [5.41, 5.74) is 0. The Balaban J connectivity index is -0.0000000315. The maximum atomic E-state index is 9.00. The molecule has 0 aromatic rings. The molecule has 0 amide bonds. The second kappa shape index (κ2) is 15.8. The van der Waals surface area contributed by atoms with Crippen LogP contribution >= 0.6 is 24.8 Å². The topological polar surface area (TPSA) is 149 Å². The molecule has 0 aliphatic heterocycles. The summed E-state index contributed by atoms with van der Waals surface area (Å²) in [5.74, 6) is -1.67. The minimum atomic E-state index is -4.67. The van der Waals surface area contributed by atoms with Crippen molar-refractivity contribution >= 4 is 47.2 Å². The number of aliphatic carboxylic acids is 2. The van der Waals surface area contributed by atoms with E-state index in [2.05, 4.69) is 0 Å². The minimum absolute atomic E-state index is 0. The van der Waals surface area contributed by atoms with Crippen molar-refractivity contribution in [1.29, 1.82) is 0 Å². The quantitative estimate of drug-likeness (QED) is 0.467. The Hall–Kier alpha value is -0.610. The zero-order valence-electron chi connectivity index (χ0n) is 7.65. The number of halogens is 2. The molecule has 4 N–H and O–H groups in total. The van der Waals surface area contributed by atoms with Crippen molar-refractivity contribution in [2.45, 2.75) is 13.8 Å². The average Bonchev–Trinajstić information content (AvgIpc) is 1.50. The normalized spacial score (nSPS) is 7.20. The number of carboxylic acid groups (broad SMARTS) is 2. The van der Waals surface area contributed by atoms with Gasteiger partial charge in [-0.3, -0.25) is 18.7 Å². The van der Waals surface area contributed by atoms with Gasteiger partial charge in [-0.2, -0.15) is 8.42 Å². The van der Waals surface area contributed by atoms with Crippen molar-refractivity contribution in [3.05, 3.63) is 0 Å². The molecule has 0 fully saturated rings. The summed E-state index contributed by atoms with van der Waals surface area (Å²) >= 11 is 0. The molecule has 0 heterocycles. The van der Waals surface area contributed by atoms with Crippen LogP contribution in [-0.4, -0.2) is 39.7 Å². The summed E-state index contributed by atoms with van der Waals surface area (Å²) < 4.78 is 31.6. The van der Waals surface area contributed by atoms with Crippen molar-refractivity contribution in [3.8, 4) is 0 Å². The molecule has 0 saturated carbocycles. The molecule has 0 aromatic heterocycles. The van der Waals surface area contributed by atoms with Crippen LogP contribution in [0.2, 0.25) is 0 Å². The molecule has 0 radical (unpaired) electrons. The highest BCUT2D eigenvalue weighted by molar-refractivity contribution is 7.79. The lowest BCUT2D eigenvalue weighted by Crippen LogP contribution is -1.89. The van der Waals surface area contributed by atoms with Crippen LogP contribution in [0.3, 0.4) is 0 Å². The first-order chi connectivity index (χ1) is 5.46. The first kappa shape index (κ1) is 29.3. The molecule has 11 heteroatoms. The van der Waals surface area contributed by atoms with Crippen LogP contribution in [0.5, 0.6) is 0 Å². The lowest BCUT2D eigenvalue weighted by atomic mass is 10.9. The standard InChI is InChI=1S/2C2H4O2.2ClH.H2O4S/c2*1-2(3)4;;;1-5(2,3)4/h2*1H3,(H,3,4);2*1H;(H2,1,2,3,4). The number of carbonyl (C=O) groups is 2. The third-order valence-corrected chi connectivity index (χ3v) is 0. The molecule has 0 bridgehead atoms. The van der Waals surface area contributed by atoms with E-state index in [1.165, 1.54) is 0 Å². The number of hydrogen-bond acceptors (Lipinski definition) is 4. The summed E-state index contributed by atoms with van der Waals surface area (Å²) in [7, 11) is -4.67. The maximum Gasteiger partial charge on any atom is 0.394 e. The summed E-state index contributed by atoms with van der Waals surface area (Å²) in [4.78, 5) is 18.0. The number of rotatable bonds is 0. The molecule has 0 aliphatic rings. The number of carboxylic acids is 2. The fourth-order valence-corrected chi connectivity index (χ4v) is 0. The van der Waals surface area contributed by atoms with E-state index in [1.54, 1.807) is 0 Å². The highest BCUT2D eigenvalue weighted by atomic mass is 35.5. The van der Waals surface area contributed by atoms with Crippen LogP contribution in [0.25, 0.3) is 0 Å². The molecule has 0 spiro atoms.